The molecule has 9 heteroatoms. The van der Waals surface area contributed by atoms with Crippen LogP contribution in [0.3, 0.4) is 0 Å². The van der Waals surface area contributed by atoms with E-state index in [1.165, 1.54) is 12.1 Å². The molecule has 0 aliphatic rings. The Bertz CT molecular complexity index is 567. The van der Waals surface area contributed by atoms with E-state index in [0.29, 0.717) is 13.2 Å². The molecule has 0 aliphatic heterocycles. The van der Waals surface area contributed by atoms with Crippen LogP contribution in [0.1, 0.15) is 18.4 Å². The zero-order valence-corrected chi connectivity index (χ0v) is 13.5. The highest BCUT2D eigenvalue weighted by Gasteiger charge is 2.12. The number of carbonyl (C=O) groups is 1. The minimum Gasteiger partial charge on any atom is -0.435 e. The molecular formula is C16H19F4NO4. The Balaban J connectivity index is 2.69. The fourth-order valence-electron chi connectivity index (χ4n) is 1.83. The molecule has 5 nitrogen and oxygen atoms in total. The van der Waals surface area contributed by atoms with Crippen molar-refractivity contribution in [3.05, 3.63) is 29.8 Å². The summed E-state index contributed by atoms with van der Waals surface area (Å²) >= 11 is 0. The number of amides is 1. The van der Waals surface area contributed by atoms with E-state index < -0.39 is 19.1 Å². The van der Waals surface area contributed by atoms with E-state index in [1.807, 2.05) is 0 Å². The van der Waals surface area contributed by atoms with Crippen molar-refractivity contribution < 1.29 is 36.6 Å². The summed E-state index contributed by atoms with van der Waals surface area (Å²) < 4.78 is 62.5. The van der Waals surface area contributed by atoms with Gasteiger partial charge in [-0.15, -0.1) is 0 Å². The largest absolute Gasteiger partial charge is 0.435 e. The van der Waals surface area contributed by atoms with Crippen LogP contribution in [0.2, 0.25) is 0 Å². The third-order valence-electron chi connectivity index (χ3n) is 2.91. The van der Waals surface area contributed by atoms with Gasteiger partial charge in [-0.05, 0) is 31.1 Å². The van der Waals surface area contributed by atoms with Crippen LogP contribution in [0.25, 0.3) is 6.08 Å². The van der Waals surface area contributed by atoms with E-state index in [9.17, 15) is 22.4 Å². The van der Waals surface area contributed by atoms with E-state index in [2.05, 4.69) is 14.8 Å². The zero-order valence-electron chi connectivity index (χ0n) is 13.5. The average Bonchev–Trinajstić information content (AvgIpc) is 2.53. The van der Waals surface area contributed by atoms with E-state index in [4.69, 9.17) is 4.74 Å². The summed E-state index contributed by atoms with van der Waals surface area (Å²) in [5, 5.41) is 2.62. The van der Waals surface area contributed by atoms with Gasteiger partial charge in [-0.25, -0.2) is 0 Å². The number of ether oxygens (including phenoxy) is 3. The highest BCUT2D eigenvalue weighted by atomic mass is 19.3. The third-order valence-corrected chi connectivity index (χ3v) is 2.91. The molecular weight excluding hydrogens is 346 g/mol. The van der Waals surface area contributed by atoms with Crippen LogP contribution in [0.4, 0.5) is 17.6 Å². The number of benzene rings is 1. The smallest absolute Gasteiger partial charge is 0.387 e. The molecule has 0 atom stereocenters. The lowest BCUT2D eigenvalue weighted by Crippen LogP contribution is -2.22. The highest BCUT2D eigenvalue weighted by molar-refractivity contribution is 5.92. The molecule has 0 fully saturated rings. The van der Waals surface area contributed by atoms with Crippen molar-refractivity contribution in [3.8, 4) is 11.5 Å². The second-order valence-electron chi connectivity index (χ2n) is 4.78. The predicted molar refractivity (Wildman–Crippen MR) is 82.9 cm³/mol. The fourth-order valence-corrected chi connectivity index (χ4v) is 1.83. The minimum absolute atomic E-state index is 0.122. The second kappa shape index (κ2) is 11.3. The Labute approximate surface area is 142 Å². The van der Waals surface area contributed by atoms with Crippen LogP contribution < -0.4 is 14.8 Å². The van der Waals surface area contributed by atoms with Gasteiger partial charge in [0.05, 0.1) is 0 Å². The van der Waals surface area contributed by atoms with Gasteiger partial charge in [-0.3, -0.25) is 4.79 Å². The summed E-state index contributed by atoms with van der Waals surface area (Å²) in [5.41, 5.74) is 0.122. The van der Waals surface area contributed by atoms with Gasteiger partial charge in [0.25, 0.3) is 0 Å². The molecule has 140 valence electrons. The maximum absolute atomic E-state index is 12.4. The minimum atomic E-state index is -3.15. The van der Waals surface area contributed by atoms with Gasteiger partial charge in [0, 0.05) is 38.0 Å². The van der Waals surface area contributed by atoms with Gasteiger partial charge in [-0.2, -0.15) is 17.6 Å². The first-order valence-corrected chi connectivity index (χ1v) is 7.41. The summed E-state index contributed by atoms with van der Waals surface area (Å²) in [6.07, 6.45) is 3.90. The van der Waals surface area contributed by atoms with Crippen molar-refractivity contribution >= 4 is 12.0 Å². The molecule has 0 aromatic heterocycles. The lowest BCUT2D eigenvalue weighted by atomic mass is 10.1. The molecule has 0 saturated carbocycles. The number of carbonyl (C=O) groups excluding carboxylic acids is 1. The Kier molecular flexibility index (Phi) is 9.38. The monoisotopic (exact) mass is 365 g/mol. The number of alkyl halides is 4. The molecule has 1 N–H and O–H groups in total. The van der Waals surface area contributed by atoms with Crippen molar-refractivity contribution in [1.29, 1.82) is 0 Å². The summed E-state index contributed by atoms with van der Waals surface area (Å²) in [7, 11) is 1.58. The van der Waals surface area contributed by atoms with E-state index >= 15 is 0 Å². The quantitative estimate of drug-likeness (QED) is 0.371. The Morgan fingerprint density at radius 1 is 1.16 bits per heavy atom. The van der Waals surface area contributed by atoms with Gasteiger partial charge in [0.15, 0.2) is 0 Å². The Morgan fingerprint density at radius 3 is 2.52 bits per heavy atom. The average molecular weight is 365 g/mol. The van der Waals surface area contributed by atoms with Crippen molar-refractivity contribution in [3.63, 3.8) is 0 Å². The van der Waals surface area contributed by atoms with Crippen LogP contribution in [0.5, 0.6) is 11.5 Å². The van der Waals surface area contributed by atoms with Crippen LogP contribution in [-0.4, -0.2) is 39.4 Å². The molecule has 0 radical (unpaired) electrons. The molecule has 25 heavy (non-hydrogen) atoms. The topological polar surface area (TPSA) is 56.8 Å². The molecule has 0 heterocycles. The Morgan fingerprint density at radius 2 is 1.88 bits per heavy atom. The lowest BCUT2D eigenvalue weighted by Gasteiger charge is -2.11. The molecule has 0 bridgehead atoms. The summed E-state index contributed by atoms with van der Waals surface area (Å²) in [6.45, 7) is -5.21. The standard InChI is InChI=1S/C16H19F4NO4/c1-23-9-3-2-8-21-14(22)7-5-11-4-6-12(24-15(17)18)10-13(11)25-16(19)20/h4-7,10,15-16H,2-3,8-9H2,1H3,(H,21,22)/b7-5+. The SMILES string of the molecule is COCCCCNC(=O)/C=C/c1ccc(OC(F)F)cc1OC(F)F. The van der Waals surface area contributed by atoms with E-state index in [-0.39, 0.29) is 17.1 Å². The van der Waals surface area contributed by atoms with E-state index in [0.717, 1.165) is 31.1 Å². The van der Waals surface area contributed by atoms with Gasteiger partial charge in [0.2, 0.25) is 5.91 Å². The molecule has 1 aromatic rings. The number of hydrogen-bond acceptors (Lipinski definition) is 4. The molecule has 0 saturated heterocycles. The Hall–Kier alpha value is -2.29. The summed E-state index contributed by atoms with van der Waals surface area (Å²) in [5.74, 6) is -1.13. The first-order valence-electron chi connectivity index (χ1n) is 7.41. The van der Waals surface area contributed by atoms with Crippen molar-refractivity contribution in [2.24, 2.45) is 0 Å². The maximum atomic E-state index is 12.4. The van der Waals surface area contributed by atoms with Gasteiger partial charge >= 0.3 is 13.2 Å². The first-order chi connectivity index (χ1) is 11.9. The molecule has 0 spiro atoms. The van der Waals surface area contributed by atoms with Crippen LogP contribution in [0, 0.1) is 0 Å². The second-order valence-corrected chi connectivity index (χ2v) is 4.78. The number of nitrogens with one attached hydrogen (secondary N) is 1. The number of methoxy groups -OCH3 is 1. The van der Waals surface area contributed by atoms with E-state index in [1.54, 1.807) is 7.11 Å². The highest BCUT2D eigenvalue weighted by Crippen LogP contribution is 2.28. The van der Waals surface area contributed by atoms with Gasteiger partial charge in [0.1, 0.15) is 11.5 Å². The predicted octanol–water partition coefficient (Wildman–Crippen LogP) is 3.45. The molecule has 1 amide bonds. The fraction of sp³-hybridized carbons (Fsp3) is 0.438. The van der Waals surface area contributed by atoms with Crippen molar-refractivity contribution in [1.82, 2.24) is 5.32 Å². The molecule has 1 rings (SSSR count). The van der Waals surface area contributed by atoms with Gasteiger partial charge < -0.3 is 19.5 Å². The van der Waals surface area contributed by atoms with Crippen molar-refractivity contribution in [2.75, 3.05) is 20.3 Å². The number of halogens is 4. The molecule has 0 unspecified atom stereocenters. The maximum Gasteiger partial charge on any atom is 0.387 e. The normalized spacial score (nSPS) is 11.3. The molecule has 0 aliphatic carbocycles. The number of hydrogen-bond donors (Lipinski definition) is 1. The first kappa shape index (κ1) is 20.8. The van der Waals surface area contributed by atoms with Crippen molar-refractivity contribution in [2.45, 2.75) is 26.1 Å². The summed E-state index contributed by atoms with van der Waals surface area (Å²) in [6, 6.07) is 3.30. The third kappa shape index (κ3) is 8.94. The molecule has 1 aromatic carbocycles. The van der Waals surface area contributed by atoms with Crippen LogP contribution in [-0.2, 0) is 9.53 Å². The number of rotatable bonds is 11. The summed E-state index contributed by atoms with van der Waals surface area (Å²) in [4.78, 5) is 11.7. The zero-order chi connectivity index (χ0) is 18.7. The van der Waals surface area contributed by atoms with Crippen LogP contribution in [0.15, 0.2) is 24.3 Å². The van der Waals surface area contributed by atoms with Gasteiger partial charge in [-0.1, -0.05) is 0 Å². The lowest BCUT2D eigenvalue weighted by molar-refractivity contribution is -0.116. The number of unbranched alkanes of at least 4 members (excludes halogenated alkanes) is 1. The van der Waals surface area contributed by atoms with Crippen LogP contribution >= 0.6 is 0 Å².